The average Bonchev–Trinajstić information content (AvgIpc) is 2.30. The van der Waals surface area contributed by atoms with Gasteiger partial charge in [0.1, 0.15) is 6.04 Å². The molecule has 18 heavy (non-hydrogen) atoms. The second kappa shape index (κ2) is 9.22. The minimum absolute atomic E-state index is 0.156. The molecule has 0 aromatic heterocycles. The maximum atomic E-state index is 12.0. The summed E-state index contributed by atoms with van der Waals surface area (Å²) in [6.07, 6.45) is 3.26. The number of likely N-dealkylation sites (N-methyl/N-ethyl adjacent to an activating group) is 1. The molecular weight excluding hydrogens is 250 g/mol. The molecule has 0 fully saturated rings. The highest BCUT2D eigenvalue weighted by atomic mass is 32.2. The summed E-state index contributed by atoms with van der Waals surface area (Å²) in [7, 11) is 1.74. The second-order valence-electron chi connectivity index (χ2n) is 4.72. The van der Waals surface area contributed by atoms with E-state index in [4.69, 9.17) is 5.73 Å². The lowest BCUT2D eigenvalue weighted by Crippen LogP contribution is -2.51. The van der Waals surface area contributed by atoms with Gasteiger partial charge in [0.25, 0.3) is 0 Å². The molecule has 0 aliphatic rings. The van der Waals surface area contributed by atoms with E-state index in [0.29, 0.717) is 12.3 Å². The van der Waals surface area contributed by atoms with Crippen molar-refractivity contribution in [2.75, 3.05) is 19.1 Å². The predicted molar refractivity (Wildman–Crippen MR) is 76.4 cm³/mol. The molecule has 6 heteroatoms. The molecule has 0 aromatic rings. The molecule has 0 aliphatic heterocycles. The standard InChI is InChI=1S/C12H25N3O2S/c1-8(2)7-10(14-3)12(17)15-9(11(13)16)5-6-18-4/h8-10,14H,5-7H2,1-4H3,(H2,13,16)(H,15,17)/t9-,10-/m0/s1. The van der Waals surface area contributed by atoms with Gasteiger partial charge in [0.05, 0.1) is 6.04 Å². The van der Waals surface area contributed by atoms with Crippen LogP contribution in [-0.2, 0) is 9.59 Å². The number of primary amides is 1. The number of nitrogens with one attached hydrogen (secondary N) is 2. The molecule has 0 radical (unpaired) electrons. The fraction of sp³-hybridized carbons (Fsp3) is 0.833. The molecule has 2 atom stereocenters. The Hall–Kier alpha value is -0.750. The third-order valence-corrected chi connectivity index (χ3v) is 3.29. The van der Waals surface area contributed by atoms with Crippen molar-refractivity contribution in [3.63, 3.8) is 0 Å². The van der Waals surface area contributed by atoms with Gasteiger partial charge < -0.3 is 16.4 Å². The van der Waals surface area contributed by atoms with Crippen LogP contribution in [0.25, 0.3) is 0 Å². The van der Waals surface area contributed by atoms with Crippen LogP contribution in [0.15, 0.2) is 0 Å². The number of carbonyl (C=O) groups excluding carboxylic acids is 2. The molecule has 0 aromatic carbocycles. The predicted octanol–water partition coefficient (Wildman–Crippen LogP) is 0.344. The van der Waals surface area contributed by atoms with Gasteiger partial charge in [-0.05, 0) is 37.8 Å². The number of carbonyl (C=O) groups is 2. The molecular formula is C12H25N3O2S. The molecule has 0 unspecified atom stereocenters. The Morgan fingerprint density at radius 1 is 1.28 bits per heavy atom. The normalized spacial score (nSPS) is 14.3. The van der Waals surface area contributed by atoms with E-state index in [9.17, 15) is 9.59 Å². The fourth-order valence-corrected chi connectivity index (χ4v) is 2.09. The Bertz CT molecular complexity index is 272. The summed E-state index contributed by atoms with van der Waals surface area (Å²) in [6.45, 7) is 4.10. The van der Waals surface area contributed by atoms with Crippen molar-refractivity contribution in [3.8, 4) is 0 Å². The topological polar surface area (TPSA) is 84.2 Å². The van der Waals surface area contributed by atoms with Crippen molar-refractivity contribution in [2.24, 2.45) is 11.7 Å². The fourth-order valence-electron chi connectivity index (χ4n) is 1.62. The van der Waals surface area contributed by atoms with Gasteiger partial charge in [0, 0.05) is 0 Å². The lowest BCUT2D eigenvalue weighted by Gasteiger charge is -2.21. The summed E-state index contributed by atoms with van der Waals surface area (Å²) in [6, 6.07) is -0.853. The van der Waals surface area contributed by atoms with Crippen molar-refractivity contribution in [1.82, 2.24) is 10.6 Å². The molecule has 4 N–H and O–H groups in total. The molecule has 5 nitrogen and oxygen atoms in total. The van der Waals surface area contributed by atoms with Crippen LogP contribution in [-0.4, -0.2) is 43.0 Å². The van der Waals surface area contributed by atoms with E-state index in [0.717, 1.165) is 12.2 Å². The smallest absolute Gasteiger partial charge is 0.240 e. The average molecular weight is 275 g/mol. The third-order valence-electron chi connectivity index (χ3n) is 2.64. The molecule has 0 rings (SSSR count). The van der Waals surface area contributed by atoms with E-state index in [1.54, 1.807) is 18.8 Å². The largest absolute Gasteiger partial charge is 0.368 e. The number of nitrogens with two attached hydrogens (primary N) is 1. The number of thioether (sulfide) groups is 1. The summed E-state index contributed by atoms with van der Waals surface area (Å²) < 4.78 is 0. The molecule has 0 bridgehead atoms. The first-order chi connectivity index (χ1) is 8.42. The zero-order chi connectivity index (χ0) is 14.1. The molecule has 0 saturated heterocycles. The van der Waals surface area contributed by atoms with Crippen LogP contribution >= 0.6 is 11.8 Å². The summed E-state index contributed by atoms with van der Waals surface area (Å²) in [5.41, 5.74) is 5.29. The Morgan fingerprint density at radius 2 is 1.89 bits per heavy atom. The third kappa shape index (κ3) is 6.86. The van der Waals surface area contributed by atoms with Crippen molar-refractivity contribution >= 4 is 23.6 Å². The van der Waals surface area contributed by atoms with Gasteiger partial charge in [-0.15, -0.1) is 0 Å². The van der Waals surface area contributed by atoms with Gasteiger partial charge in [0.2, 0.25) is 11.8 Å². The van der Waals surface area contributed by atoms with Gasteiger partial charge in [-0.1, -0.05) is 13.8 Å². The summed E-state index contributed by atoms with van der Waals surface area (Å²) >= 11 is 1.62. The first kappa shape index (κ1) is 17.2. The number of amides is 2. The molecule has 2 amide bonds. The summed E-state index contributed by atoms with van der Waals surface area (Å²) in [5.74, 6) is 0.571. The molecule has 0 heterocycles. The quantitative estimate of drug-likeness (QED) is 0.567. The van der Waals surface area contributed by atoms with Crippen molar-refractivity contribution in [3.05, 3.63) is 0 Å². The van der Waals surface area contributed by atoms with Crippen LogP contribution in [0.2, 0.25) is 0 Å². The molecule has 0 saturated carbocycles. The van der Waals surface area contributed by atoms with Crippen LogP contribution in [0.5, 0.6) is 0 Å². The molecule has 0 spiro atoms. The van der Waals surface area contributed by atoms with E-state index < -0.39 is 11.9 Å². The first-order valence-electron chi connectivity index (χ1n) is 6.18. The van der Waals surface area contributed by atoms with E-state index in [1.807, 2.05) is 6.26 Å². The van der Waals surface area contributed by atoms with Crippen LogP contribution in [0, 0.1) is 5.92 Å². The lowest BCUT2D eigenvalue weighted by atomic mass is 10.0. The van der Waals surface area contributed by atoms with Crippen LogP contribution in [0.1, 0.15) is 26.7 Å². The highest BCUT2D eigenvalue weighted by molar-refractivity contribution is 7.98. The van der Waals surface area contributed by atoms with Gasteiger partial charge in [0.15, 0.2) is 0 Å². The Labute approximate surface area is 114 Å². The molecule has 106 valence electrons. The van der Waals surface area contributed by atoms with E-state index in [1.165, 1.54) is 0 Å². The van der Waals surface area contributed by atoms with Gasteiger partial charge in [-0.3, -0.25) is 9.59 Å². The Balaban J connectivity index is 4.41. The number of hydrogen-bond acceptors (Lipinski definition) is 4. The maximum Gasteiger partial charge on any atom is 0.240 e. The minimum Gasteiger partial charge on any atom is -0.368 e. The van der Waals surface area contributed by atoms with Crippen molar-refractivity contribution in [2.45, 2.75) is 38.8 Å². The maximum absolute atomic E-state index is 12.0. The summed E-state index contributed by atoms with van der Waals surface area (Å²) in [5, 5.41) is 5.68. The SMILES string of the molecule is CN[C@@H](CC(C)C)C(=O)N[C@@H](CCSC)C(N)=O. The van der Waals surface area contributed by atoms with E-state index >= 15 is 0 Å². The zero-order valence-corrected chi connectivity index (χ0v) is 12.5. The van der Waals surface area contributed by atoms with Gasteiger partial charge >= 0.3 is 0 Å². The number of rotatable bonds is 9. The van der Waals surface area contributed by atoms with Gasteiger partial charge in [-0.25, -0.2) is 0 Å². The van der Waals surface area contributed by atoms with Crippen LogP contribution in [0.4, 0.5) is 0 Å². The highest BCUT2D eigenvalue weighted by Gasteiger charge is 2.23. The van der Waals surface area contributed by atoms with Crippen LogP contribution in [0.3, 0.4) is 0 Å². The van der Waals surface area contributed by atoms with Crippen molar-refractivity contribution in [1.29, 1.82) is 0 Å². The zero-order valence-electron chi connectivity index (χ0n) is 11.7. The second-order valence-corrected chi connectivity index (χ2v) is 5.70. The monoisotopic (exact) mass is 275 g/mol. The first-order valence-corrected chi connectivity index (χ1v) is 7.57. The Kier molecular flexibility index (Phi) is 8.83. The van der Waals surface area contributed by atoms with Crippen LogP contribution < -0.4 is 16.4 Å². The van der Waals surface area contributed by atoms with Crippen molar-refractivity contribution < 1.29 is 9.59 Å². The minimum atomic E-state index is -0.576. The summed E-state index contributed by atoms with van der Waals surface area (Å²) in [4.78, 5) is 23.3. The lowest BCUT2D eigenvalue weighted by molar-refractivity contribution is -0.128. The van der Waals surface area contributed by atoms with E-state index in [2.05, 4.69) is 24.5 Å². The number of hydrogen-bond donors (Lipinski definition) is 3. The molecule has 0 aliphatic carbocycles. The van der Waals surface area contributed by atoms with Gasteiger partial charge in [-0.2, -0.15) is 11.8 Å². The Morgan fingerprint density at radius 3 is 2.28 bits per heavy atom. The van der Waals surface area contributed by atoms with E-state index in [-0.39, 0.29) is 11.9 Å². The highest BCUT2D eigenvalue weighted by Crippen LogP contribution is 2.06.